The van der Waals surface area contributed by atoms with Crippen molar-refractivity contribution in [3.8, 4) is 11.8 Å². The molecule has 0 aliphatic carbocycles. The number of rotatable bonds is 12. The van der Waals surface area contributed by atoms with E-state index in [0.29, 0.717) is 66.9 Å². The standard InChI is InChI=1S/C41H42ClF3N8O5S/c1-5-25-16-31(53-39(59)52(38(57)40(53,3)4)30-7-6-26(21-46)32(20-30)41(43,44)45)8-10-34(25)58-15-14-50-12-13-51(24(2)22-50)23-36(55)48-29-18-27(42)17-28(19-29)47-33-9-11-35(54)49-37(33)56/h6-8,10,16-20,22,33,47H,5,9,11-15,23H2,1-4H3,(H,48,55)(H,49,54,56). The maximum atomic E-state index is 13.8. The van der Waals surface area contributed by atoms with Gasteiger partial charge in [0.2, 0.25) is 17.7 Å². The Kier molecular flexibility index (Phi) is 12.4. The largest absolute Gasteiger partial charge is 0.491 e. The third-order valence-electron chi connectivity index (χ3n) is 10.3. The second kappa shape index (κ2) is 17.2. The van der Waals surface area contributed by atoms with Gasteiger partial charge in [-0.15, -0.1) is 0 Å². The third-order valence-corrected chi connectivity index (χ3v) is 10.9. The molecule has 13 nitrogen and oxygen atoms in total. The van der Waals surface area contributed by atoms with Crippen molar-refractivity contribution in [3.05, 3.63) is 88.2 Å². The molecule has 3 aromatic rings. The molecule has 0 bridgehead atoms. The molecule has 1 atom stereocenters. The zero-order valence-corrected chi connectivity index (χ0v) is 34.3. The van der Waals surface area contributed by atoms with Gasteiger partial charge < -0.3 is 30.1 Å². The number of thiocarbonyl (C=S) groups is 1. The molecule has 1 unspecified atom stereocenters. The molecule has 0 radical (unpaired) electrons. The molecule has 3 aromatic carbocycles. The van der Waals surface area contributed by atoms with Gasteiger partial charge in [0, 0.05) is 53.5 Å². The lowest BCUT2D eigenvalue weighted by Gasteiger charge is -2.34. The summed E-state index contributed by atoms with van der Waals surface area (Å²) < 4.78 is 47.5. The van der Waals surface area contributed by atoms with Crippen LogP contribution in [0.25, 0.3) is 0 Å². The first-order valence-electron chi connectivity index (χ1n) is 18.8. The van der Waals surface area contributed by atoms with Gasteiger partial charge >= 0.3 is 6.18 Å². The molecule has 2 fully saturated rings. The zero-order valence-electron chi connectivity index (χ0n) is 32.7. The van der Waals surface area contributed by atoms with Crippen LogP contribution in [-0.4, -0.2) is 82.9 Å². The van der Waals surface area contributed by atoms with Gasteiger partial charge in [0.05, 0.1) is 36.0 Å². The summed E-state index contributed by atoms with van der Waals surface area (Å²) >= 11 is 12.0. The van der Waals surface area contributed by atoms with Crippen molar-refractivity contribution in [2.75, 3.05) is 53.2 Å². The first kappa shape index (κ1) is 42.7. The summed E-state index contributed by atoms with van der Waals surface area (Å²) in [6.07, 6.45) is -1.68. The minimum atomic E-state index is -4.80. The molecule has 18 heteroatoms. The normalized spacial score (nSPS) is 18.1. The van der Waals surface area contributed by atoms with Crippen LogP contribution in [0.5, 0.6) is 5.75 Å². The van der Waals surface area contributed by atoms with E-state index in [4.69, 9.17) is 28.6 Å². The van der Waals surface area contributed by atoms with Gasteiger partial charge in [-0.05, 0) is 106 Å². The molecule has 3 N–H and O–H groups in total. The van der Waals surface area contributed by atoms with Crippen molar-refractivity contribution in [1.29, 1.82) is 5.26 Å². The van der Waals surface area contributed by atoms with Gasteiger partial charge in [-0.1, -0.05) is 18.5 Å². The third kappa shape index (κ3) is 9.39. The Labute approximate surface area is 349 Å². The maximum absolute atomic E-state index is 13.8. The molecule has 0 saturated carbocycles. The number of carbonyl (C=O) groups excluding carboxylic acids is 4. The quantitative estimate of drug-likeness (QED) is 0.137. The monoisotopic (exact) mass is 850 g/mol. The average Bonchev–Trinajstić information content (AvgIpc) is 3.34. The zero-order chi connectivity index (χ0) is 42.8. The van der Waals surface area contributed by atoms with Crippen molar-refractivity contribution in [2.45, 2.75) is 64.7 Å². The first-order valence-corrected chi connectivity index (χ1v) is 19.6. The fourth-order valence-electron chi connectivity index (χ4n) is 7.22. The molecule has 3 aliphatic rings. The number of nitrogens with one attached hydrogen (secondary N) is 3. The fourth-order valence-corrected chi connectivity index (χ4v) is 7.98. The van der Waals surface area contributed by atoms with Crippen LogP contribution < -0.4 is 30.5 Å². The van der Waals surface area contributed by atoms with E-state index >= 15 is 0 Å². The van der Waals surface area contributed by atoms with Crippen LogP contribution in [0, 0.1) is 11.3 Å². The summed E-state index contributed by atoms with van der Waals surface area (Å²) in [4.78, 5) is 57.2. The number of imide groups is 1. The number of allylic oxidation sites excluding steroid dienone is 1. The van der Waals surface area contributed by atoms with Gasteiger partial charge in [-0.2, -0.15) is 18.4 Å². The van der Waals surface area contributed by atoms with Gasteiger partial charge in [0.15, 0.2) is 5.11 Å². The smallest absolute Gasteiger partial charge is 0.417 e. The number of nitriles is 1. The second-order valence-corrected chi connectivity index (χ2v) is 15.6. The Hall–Kier alpha value is -5.86. The summed E-state index contributed by atoms with van der Waals surface area (Å²) in [6.45, 7) is 9.40. The molecule has 3 heterocycles. The van der Waals surface area contributed by atoms with Crippen molar-refractivity contribution in [2.24, 2.45) is 0 Å². The number of hydrogen-bond acceptors (Lipinski definition) is 10. The van der Waals surface area contributed by atoms with Crippen LogP contribution in [-0.2, 0) is 31.8 Å². The molecule has 4 amide bonds. The Bertz CT molecular complexity index is 2280. The number of amides is 4. The number of piperidine rings is 1. The summed E-state index contributed by atoms with van der Waals surface area (Å²) in [6, 6.07) is 14.4. The van der Waals surface area contributed by atoms with Crippen LogP contribution in [0.15, 0.2) is 66.5 Å². The van der Waals surface area contributed by atoms with Crippen LogP contribution in [0.3, 0.4) is 0 Å². The Balaban J connectivity index is 1.04. The Morgan fingerprint density at radius 2 is 1.80 bits per heavy atom. The number of hydrogen-bond donors (Lipinski definition) is 3. The topological polar surface area (TPSA) is 150 Å². The first-order chi connectivity index (χ1) is 27.9. The lowest BCUT2D eigenvalue weighted by Crippen LogP contribution is -2.47. The average molecular weight is 851 g/mol. The van der Waals surface area contributed by atoms with E-state index in [1.165, 1.54) is 6.07 Å². The van der Waals surface area contributed by atoms with Crippen molar-refractivity contribution in [1.82, 2.24) is 15.1 Å². The molecule has 2 saturated heterocycles. The predicted octanol–water partition coefficient (Wildman–Crippen LogP) is 6.42. The minimum Gasteiger partial charge on any atom is -0.491 e. The Morgan fingerprint density at radius 3 is 2.47 bits per heavy atom. The number of nitrogens with zero attached hydrogens (tertiary/aromatic N) is 5. The van der Waals surface area contributed by atoms with Crippen LogP contribution >= 0.6 is 23.8 Å². The highest BCUT2D eigenvalue weighted by Crippen LogP contribution is 2.40. The van der Waals surface area contributed by atoms with Crippen molar-refractivity contribution in [3.63, 3.8) is 0 Å². The minimum absolute atomic E-state index is 0.00488. The number of ether oxygens (including phenoxy) is 1. The van der Waals surface area contributed by atoms with Crippen LogP contribution in [0.4, 0.5) is 35.9 Å². The van der Waals surface area contributed by atoms with E-state index in [-0.39, 0.29) is 35.6 Å². The van der Waals surface area contributed by atoms with Crippen LogP contribution in [0.1, 0.15) is 57.2 Å². The van der Waals surface area contributed by atoms with Gasteiger partial charge in [0.25, 0.3) is 5.91 Å². The van der Waals surface area contributed by atoms with E-state index in [2.05, 4.69) is 20.9 Å². The van der Waals surface area contributed by atoms with E-state index in [9.17, 15) is 37.6 Å². The van der Waals surface area contributed by atoms with Gasteiger partial charge in [-0.25, -0.2) is 0 Å². The lowest BCUT2D eigenvalue weighted by molar-refractivity contribution is -0.138. The predicted molar refractivity (Wildman–Crippen MR) is 221 cm³/mol. The Morgan fingerprint density at radius 1 is 1.07 bits per heavy atom. The van der Waals surface area contributed by atoms with Gasteiger partial charge in [-0.3, -0.25) is 29.4 Å². The molecule has 59 heavy (non-hydrogen) atoms. The maximum Gasteiger partial charge on any atom is 0.417 e. The number of anilines is 4. The van der Waals surface area contributed by atoms with E-state index < -0.39 is 40.7 Å². The highest BCUT2D eigenvalue weighted by Gasteiger charge is 2.51. The SMILES string of the molecule is CCc1cc(N2C(=S)N(c3ccc(C#N)c(C(F)(F)F)c3)C(=O)C2(C)C)ccc1OCCN1C=C(C)N(CC(=O)Nc2cc(Cl)cc(NC3CCC(=O)NC3=O)c2)CC1. The summed E-state index contributed by atoms with van der Waals surface area (Å²) in [5, 5.41) is 17.9. The summed E-state index contributed by atoms with van der Waals surface area (Å²) in [5.41, 5.74) is 0.272. The van der Waals surface area contributed by atoms with E-state index in [1.807, 2.05) is 31.0 Å². The van der Waals surface area contributed by atoms with E-state index in [1.54, 1.807) is 55.1 Å². The molecule has 6 rings (SSSR count). The van der Waals surface area contributed by atoms with E-state index in [0.717, 1.165) is 28.3 Å². The van der Waals surface area contributed by atoms with Crippen molar-refractivity contribution < 1.29 is 37.1 Å². The number of alkyl halides is 3. The number of aryl methyl sites for hydroxylation is 1. The highest BCUT2D eigenvalue weighted by molar-refractivity contribution is 7.81. The molecule has 3 aliphatic heterocycles. The molecule has 0 spiro atoms. The summed E-state index contributed by atoms with van der Waals surface area (Å²) in [7, 11) is 0. The van der Waals surface area contributed by atoms with Crippen LogP contribution in [0.2, 0.25) is 5.02 Å². The summed E-state index contributed by atoms with van der Waals surface area (Å²) in [5.74, 6) is -0.859. The molecule has 0 aromatic heterocycles. The van der Waals surface area contributed by atoms with Crippen molar-refractivity contribution >= 4 is 75.3 Å². The lowest BCUT2D eigenvalue weighted by atomic mass is 10.0. The molecule has 310 valence electrons. The number of halogens is 4. The number of benzene rings is 3. The highest BCUT2D eigenvalue weighted by atomic mass is 35.5. The van der Waals surface area contributed by atoms with Gasteiger partial charge in [0.1, 0.15) is 23.9 Å². The fraction of sp³-hybridized carbons (Fsp3) is 0.366. The second-order valence-electron chi connectivity index (χ2n) is 14.8. The molecular weight excluding hydrogens is 809 g/mol. The molecular formula is C41H42ClF3N8O5S. The number of carbonyl (C=O) groups is 4.